The van der Waals surface area contributed by atoms with Crippen LogP contribution in [0.25, 0.3) is 0 Å². The van der Waals surface area contributed by atoms with Crippen molar-refractivity contribution in [2.45, 2.75) is 57.2 Å². The van der Waals surface area contributed by atoms with E-state index in [-0.39, 0.29) is 17.4 Å². The first kappa shape index (κ1) is 18.7. The summed E-state index contributed by atoms with van der Waals surface area (Å²) in [5.74, 6) is 0.213. The minimum absolute atomic E-state index is 0.0935. The monoisotopic (exact) mass is 376 g/mol. The van der Waals surface area contributed by atoms with Gasteiger partial charge in [0.1, 0.15) is 0 Å². The van der Waals surface area contributed by atoms with Gasteiger partial charge in [0.15, 0.2) is 0 Å². The van der Waals surface area contributed by atoms with Gasteiger partial charge in [-0.25, -0.2) is 0 Å². The van der Waals surface area contributed by atoms with Crippen LogP contribution in [0.4, 0.5) is 0 Å². The van der Waals surface area contributed by atoms with Crippen LogP contribution < -0.4 is 0 Å². The van der Waals surface area contributed by atoms with Crippen molar-refractivity contribution < 1.29 is 9.59 Å². The normalized spacial score (nSPS) is 18.0. The van der Waals surface area contributed by atoms with Gasteiger partial charge < -0.3 is 9.80 Å². The van der Waals surface area contributed by atoms with Gasteiger partial charge >= 0.3 is 0 Å². The Bertz CT molecular complexity index is 856. The number of nitrogens with zero attached hydrogens (tertiary/aromatic N) is 2. The van der Waals surface area contributed by atoms with Crippen molar-refractivity contribution in [1.29, 1.82) is 0 Å². The minimum atomic E-state index is -0.351. The number of amides is 2. The van der Waals surface area contributed by atoms with E-state index in [1.54, 1.807) is 4.90 Å². The average Bonchev–Trinajstić information content (AvgIpc) is 3.07. The lowest BCUT2D eigenvalue weighted by atomic mass is 9.77. The third-order valence-corrected chi connectivity index (χ3v) is 6.35. The molecule has 0 aromatic heterocycles. The fourth-order valence-corrected chi connectivity index (χ4v) is 4.75. The molecule has 1 heterocycles. The maximum atomic E-state index is 13.1. The van der Waals surface area contributed by atoms with Crippen molar-refractivity contribution in [3.05, 3.63) is 71.3 Å². The predicted octanol–water partition coefficient (Wildman–Crippen LogP) is 4.39. The van der Waals surface area contributed by atoms with Gasteiger partial charge in [-0.3, -0.25) is 9.59 Å². The molecule has 1 aliphatic heterocycles. The van der Waals surface area contributed by atoms with E-state index >= 15 is 0 Å². The zero-order valence-electron chi connectivity index (χ0n) is 16.6. The van der Waals surface area contributed by atoms with Crippen LogP contribution in [0.3, 0.4) is 0 Å². The van der Waals surface area contributed by atoms with Crippen molar-refractivity contribution in [3.63, 3.8) is 0 Å². The number of carbonyl (C=O) groups excluding carboxylic acids is 2. The zero-order chi connectivity index (χ0) is 19.6. The molecule has 1 aliphatic carbocycles. The molecule has 0 spiro atoms. The largest absolute Gasteiger partial charge is 0.341 e. The molecule has 0 saturated heterocycles. The third-order valence-electron chi connectivity index (χ3n) is 6.35. The van der Waals surface area contributed by atoms with Crippen molar-refractivity contribution in [2.24, 2.45) is 0 Å². The van der Waals surface area contributed by atoms with Gasteiger partial charge in [0, 0.05) is 25.7 Å². The Kier molecular flexibility index (Phi) is 5.21. The van der Waals surface area contributed by atoms with Crippen LogP contribution in [0.15, 0.2) is 54.6 Å². The minimum Gasteiger partial charge on any atom is -0.341 e. The molecule has 2 aromatic rings. The molecule has 0 bridgehead atoms. The van der Waals surface area contributed by atoms with Gasteiger partial charge in [0.25, 0.3) is 5.91 Å². The second-order valence-corrected chi connectivity index (χ2v) is 8.25. The maximum Gasteiger partial charge on any atom is 0.254 e. The number of fused-ring (bicyclic) bond motifs is 1. The predicted molar refractivity (Wildman–Crippen MR) is 110 cm³/mol. The Hall–Kier alpha value is -2.62. The maximum absolute atomic E-state index is 13.1. The van der Waals surface area contributed by atoms with Crippen LogP contribution in [0.5, 0.6) is 0 Å². The lowest BCUT2D eigenvalue weighted by Crippen LogP contribution is -2.52. The second-order valence-electron chi connectivity index (χ2n) is 8.25. The standard InChI is InChI=1S/C24H28N2O2/c1-25(17-19-10-4-2-5-11-19)22(27)16-24(14-8-3-9-15-24)26-18-20-12-6-7-13-21(20)23(26)28/h2,4-7,10-13H,3,8-9,14-18H2,1H3. The van der Waals surface area contributed by atoms with Crippen LogP contribution in [-0.4, -0.2) is 34.2 Å². The summed E-state index contributed by atoms with van der Waals surface area (Å²) in [5.41, 5.74) is 2.66. The van der Waals surface area contributed by atoms with E-state index in [0.29, 0.717) is 19.5 Å². The number of carbonyl (C=O) groups is 2. The van der Waals surface area contributed by atoms with Crippen molar-refractivity contribution >= 4 is 11.8 Å². The summed E-state index contributed by atoms with van der Waals surface area (Å²) in [6.45, 7) is 1.23. The van der Waals surface area contributed by atoms with Gasteiger partial charge in [-0.2, -0.15) is 0 Å². The quantitative estimate of drug-likeness (QED) is 0.776. The van der Waals surface area contributed by atoms with Crippen LogP contribution in [0, 0.1) is 0 Å². The summed E-state index contributed by atoms with van der Waals surface area (Å²) in [6, 6.07) is 17.9. The van der Waals surface area contributed by atoms with Crippen molar-refractivity contribution in [1.82, 2.24) is 9.80 Å². The van der Waals surface area contributed by atoms with E-state index in [4.69, 9.17) is 0 Å². The highest BCUT2D eigenvalue weighted by atomic mass is 16.2. The lowest BCUT2D eigenvalue weighted by molar-refractivity contribution is -0.134. The fraction of sp³-hybridized carbons (Fsp3) is 0.417. The summed E-state index contributed by atoms with van der Waals surface area (Å²) >= 11 is 0. The van der Waals surface area contributed by atoms with Crippen molar-refractivity contribution in [3.8, 4) is 0 Å². The summed E-state index contributed by atoms with van der Waals surface area (Å²) in [4.78, 5) is 30.1. The molecule has 2 aliphatic rings. The number of rotatable bonds is 5. The topological polar surface area (TPSA) is 40.6 Å². The Balaban J connectivity index is 1.53. The van der Waals surface area contributed by atoms with E-state index in [1.807, 2.05) is 66.5 Å². The molecule has 28 heavy (non-hydrogen) atoms. The summed E-state index contributed by atoms with van der Waals surface area (Å²) in [7, 11) is 1.87. The smallest absolute Gasteiger partial charge is 0.254 e. The fourth-order valence-electron chi connectivity index (χ4n) is 4.75. The molecule has 0 atom stereocenters. The van der Waals surface area contributed by atoms with Gasteiger partial charge in [0.05, 0.1) is 12.0 Å². The summed E-state index contributed by atoms with van der Waals surface area (Å²) < 4.78 is 0. The number of hydrogen-bond acceptors (Lipinski definition) is 2. The second kappa shape index (κ2) is 7.78. The molecular formula is C24H28N2O2. The first-order chi connectivity index (χ1) is 13.6. The van der Waals surface area contributed by atoms with Crippen LogP contribution in [-0.2, 0) is 17.9 Å². The Morgan fingerprint density at radius 2 is 1.68 bits per heavy atom. The first-order valence-corrected chi connectivity index (χ1v) is 10.3. The molecule has 4 heteroatoms. The molecule has 2 aromatic carbocycles. The molecule has 2 amide bonds. The molecule has 4 rings (SSSR count). The zero-order valence-corrected chi connectivity index (χ0v) is 16.6. The van der Waals surface area contributed by atoms with Crippen molar-refractivity contribution in [2.75, 3.05) is 7.05 Å². The summed E-state index contributed by atoms with van der Waals surface area (Å²) in [5, 5.41) is 0. The molecule has 0 unspecified atom stereocenters. The van der Waals surface area contributed by atoms with Gasteiger partial charge in [-0.1, -0.05) is 67.8 Å². The van der Waals surface area contributed by atoms with Crippen LogP contribution in [0.1, 0.15) is 60.0 Å². The van der Waals surface area contributed by atoms with Gasteiger partial charge in [-0.05, 0) is 30.0 Å². The molecule has 0 radical (unpaired) electrons. The summed E-state index contributed by atoms with van der Waals surface area (Å²) in [6.07, 6.45) is 5.59. The van der Waals surface area contributed by atoms with E-state index in [2.05, 4.69) is 0 Å². The number of hydrogen-bond donors (Lipinski definition) is 0. The third kappa shape index (κ3) is 3.56. The molecule has 1 saturated carbocycles. The van der Waals surface area contributed by atoms with Crippen LogP contribution >= 0.6 is 0 Å². The first-order valence-electron chi connectivity index (χ1n) is 10.3. The molecular weight excluding hydrogens is 348 g/mol. The SMILES string of the molecule is CN(Cc1ccccc1)C(=O)CC1(N2Cc3ccccc3C2=O)CCCCC1. The van der Waals surface area contributed by atoms with E-state index < -0.39 is 0 Å². The Morgan fingerprint density at radius 1 is 1.00 bits per heavy atom. The number of benzene rings is 2. The van der Waals surface area contributed by atoms with Gasteiger partial charge in [0.2, 0.25) is 5.91 Å². The lowest BCUT2D eigenvalue weighted by Gasteiger charge is -2.45. The van der Waals surface area contributed by atoms with E-state index in [1.165, 1.54) is 6.42 Å². The highest BCUT2D eigenvalue weighted by Gasteiger charge is 2.45. The molecule has 1 fully saturated rings. The highest BCUT2D eigenvalue weighted by Crippen LogP contribution is 2.41. The Labute approximate surface area is 167 Å². The van der Waals surface area contributed by atoms with E-state index in [9.17, 15) is 9.59 Å². The molecule has 0 N–H and O–H groups in total. The molecule has 4 nitrogen and oxygen atoms in total. The molecule has 146 valence electrons. The van der Waals surface area contributed by atoms with Crippen LogP contribution in [0.2, 0.25) is 0 Å². The highest BCUT2D eigenvalue weighted by molar-refractivity contribution is 5.99. The van der Waals surface area contributed by atoms with E-state index in [0.717, 1.165) is 42.4 Å². The Morgan fingerprint density at radius 3 is 2.39 bits per heavy atom. The van der Waals surface area contributed by atoms with Gasteiger partial charge in [-0.15, -0.1) is 0 Å². The average molecular weight is 377 g/mol.